The van der Waals surface area contributed by atoms with Gasteiger partial charge in [-0.05, 0) is 24.0 Å². The molecule has 7 heteroatoms. The standard InChI is InChI=1S/C14H24N2O2S3/c1-4-5-6-9-14(2,3)10-16-21(17,18)12-8-7-11(20-12)13(15)19/h7-8,16H,4-6,9-10H2,1-3H3,(H2,15,19). The summed E-state index contributed by atoms with van der Waals surface area (Å²) in [6.07, 6.45) is 4.47. The highest BCUT2D eigenvalue weighted by atomic mass is 32.2. The smallest absolute Gasteiger partial charge is 0.250 e. The number of unbranched alkanes of at least 4 members (excludes halogenated alkanes) is 2. The van der Waals surface area contributed by atoms with E-state index in [0.29, 0.717) is 11.4 Å². The van der Waals surface area contributed by atoms with Gasteiger partial charge in [-0.2, -0.15) is 0 Å². The second kappa shape index (κ2) is 7.67. The van der Waals surface area contributed by atoms with Gasteiger partial charge in [0.05, 0.1) is 4.88 Å². The molecule has 0 saturated heterocycles. The van der Waals surface area contributed by atoms with Crippen molar-refractivity contribution in [3.05, 3.63) is 17.0 Å². The molecule has 0 aliphatic heterocycles. The van der Waals surface area contributed by atoms with Crippen LogP contribution in [0.4, 0.5) is 0 Å². The zero-order valence-electron chi connectivity index (χ0n) is 12.8. The Labute approximate surface area is 137 Å². The van der Waals surface area contributed by atoms with Crippen LogP contribution in [0, 0.1) is 5.41 Å². The first kappa shape index (κ1) is 18.5. The van der Waals surface area contributed by atoms with E-state index in [0.717, 1.165) is 24.2 Å². The number of sulfonamides is 1. The topological polar surface area (TPSA) is 72.2 Å². The summed E-state index contributed by atoms with van der Waals surface area (Å²) in [6.45, 7) is 6.76. The Bertz CT molecular complexity index is 577. The number of hydrogen-bond acceptors (Lipinski definition) is 4. The fraction of sp³-hybridized carbons (Fsp3) is 0.643. The lowest BCUT2D eigenvalue weighted by Crippen LogP contribution is -2.33. The van der Waals surface area contributed by atoms with Crippen molar-refractivity contribution in [1.82, 2.24) is 4.72 Å². The van der Waals surface area contributed by atoms with Crippen LogP contribution >= 0.6 is 23.6 Å². The Kier molecular flexibility index (Phi) is 6.77. The molecule has 3 N–H and O–H groups in total. The van der Waals surface area contributed by atoms with Crippen LogP contribution in [0.5, 0.6) is 0 Å². The van der Waals surface area contributed by atoms with Crippen molar-refractivity contribution in [3.8, 4) is 0 Å². The molecule has 0 bridgehead atoms. The highest BCUT2D eigenvalue weighted by Gasteiger charge is 2.23. The van der Waals surface area contributed by atoms with Crippen molar-refractivity contribution >= 4 is 38.6 Å². The third-order valence-electron chi connectivity index (χ3n) is 3.29. The Balaban J connectivity index is 2.65. The largest absolute Gasteiger partial charge is 0.389 e. The van der Waals surface area contributed by atoms with Crippen molar-refractivity contribution in [1.29, 1.82) is 0 Å². The molecule has 0 saturated carbocycles. The normalized spacial score (nSPS) is 12.5. The molecule has 1 rings (SSSR count). The van der Waals surface area contributed by atoms with Crippen molar-refractivity contribution in [2.75, 3.05) is 6.54 Å². The molecule has 0 amide bonds. The molecular weight excluding hydrogens is 324 g/mol. The first-order chi connectivity index (χ1) is 9.68. The van der Waals surface area contributed by atoms with E-state index in [1.165, 1.54) is 12.8 Å². The zero-order valence-corrected chi connectivity index (χ0v) is 15.3. The third kappa shape index (κ3) is 6.02. The first-order valence-electron chi connectivity index (χ1n) is 7.07. The molecule has 0 aromatic carbocycles. The summed E-state index contributed by atoms with van der Waals surface area (Å²) in [5.41, 5.74) is 5.46. The average molecular weight is 349 g/mol. The van der Waals surface area contributed by atoms with E-state index >= 15 is 0 Å². The van der Waals surface area contributed by atoms with Crippen LogP contribution < -0.4 is 10.5 Å². The van der Waals surface area contributed by atoms with Gasteiger partial charge < -0.3 is 5.73 Å². The number of nitrogens with two attached hydrogens (primary N) is 1. The minimum absolute atomic E-state index is 0.0501. The van der Waals surface area contributed by atoms with Crippen LogP contribution in [-0.2, 0) is 10.0 Å². The molecule has 0 atom stereocenters. The quantitative estimate of drug-likeness (QED) is 0.531. The Morgan fingerprint density at radius 1 is 1.38 bits per heavy atom. The summed E-state index contributed by atoms with van der Waals surface area (Å²) in [4.78, 5) is 0.842. The molecule has 1 heterocycles. The third-order valence-corrected chi connectivity index (χ3v) is 6.65. The SMILES string of the molecule is CCCCCC(C)(C)CNS(=O)(=O)c1ccc(C(N)=S)s1. The predicted octanol–water partition coefficient (Wildman–Crippen LogP) is 3.27. The van der Waals surface area contributed by atoms with Gasteiger partial charge in [-0.25, -0.2) is 13.1 Å². The summed E-state index contributed by atoms with van der Waals surface area (Å²) in [5.74, 6) is 0. The molecule has 1 aromatic rings. The van der Waals surface area contributed by atoms with Gasteiger partial charge in [-0.15, -0.1) is 11.3 Å². The van der Waals surface area contributed by atoms with Crippen LogP contribution in [0.25, 0.3) is 0 Å². The lowest BCUT2D eigenvalue weighted by Gasteiger charge is -2.24. The minimum Gasteiger partial charge on any atom is -0.389 e. The maximum atomic E-state index is 12.3. The number of rotatable bonds is 9. The Hall–Kier alpha value is -0.500. The highest BCUT2D eigenvalue weighted by Crippen LogP contribution is 2.25. The Morgan fingerprint density at radius 2 is 2.05 bits per heavy atom. The van der Waals surface area contributed by atoms with Crippen LogP contribution in [0.1, 0.15) is 51.3 Å². The van der Waals surface area contributed by atoms with Gasteiger partial charge in [0.25, 0.3) is 0 Å². The first-order valence-corrected chi connectivity index (χ1v) is 9.78. The molecule has 0 fully saturated rings. The molecule has 0 unspecified atom stereocenters. The summed E-state index contributed by atoms with van der Waals surface area (Å²) >= 11 is 5.96. The van der Waals surface area contributed by atoms with E-state index in [2.05, 4.69) is 25.5 Å². The monoisotopic (exact) mass is 348 g/mol. The molecule has 0 aliphatic carbocycles. The number of thiophene rings is 1. The second-order valence-corrected chi connectivity index (χ2v) is 9.45. The molecule has 120 valence electrons. The van der Waals surface area contributed by atoms with Crippen LogP contribution in [0.2, 0.25) is 0 Å². The average Bonchev–Trinajstić information content (AvgIpc) is 2.87. The van der Waals surface area contributed by atoms with Gasteiger partial charge in [0.1, 0.15) is 9.20 Å². The highest BCUT2D eigenvalue weighted by molar-refractivity contribution is 7.91. The predicted molar refractivity (Wildman–Crippen MR) is 93.3 cm³/mol. The zero-order chi connectivity index (χ0) is 16.1. The fourth-order valence-electron chi connectivity index (χ4n) is 1.90. The summed E-state index contributed by atoms with van der Waals surface area (Å²) < 4.78 is 27.5. The lowest BCUT2D eigenvalue weighted by molar-refractivity contribution is 0.320. The maximum Gasteiger partial charge on any atom is 0.250 e. The van der Waals surface area contributed by atoms with Crippen molar-refractivity contribution in [2.24, 2.45) is 11.1 Å². The number of thiocarbonyl (C=S) groups is 1. The molecule has 4 nitrogen and oxygen atoms in total. The van der Waals surface area contributed by atoms with Gasteiger partial charge >= 0.3 is 0 Å². The van der Waals surface area contributed by atoms with Gasteiger partial charge in [-0.3, -0.25) is 0 Å². The van der Waals surface area contributed by atoms with E-state index in [-0.39, 0.29) is 14.6 Å². The maximum absolute atomic E-state index is 12.3. The van der Waals surface area contributed by atoms with Crippen molar-refractivity contribution in [3.63, 3.8) is 0 Å². The van der Waals surface area contributed by atoms with Crippen LogP contribution in [0.15, 0.2) is 16.3 Å². The van der Waals surface area contributed by atoms with E-state index in [9.17, 15) is 8.42 Å². The van der Waals surface area contributed by atoms with E-state index in [1.54, 1.807) is 12.1 Å². The summed E-state index contributed by atoms with van der Waals surface area (Å²) in [5, 5.41) is 0. The molecule has 0 spiro atoms. The summed E-state index contributed by atoms with van der Waals surface area (Å²) in [7, 11) is -3.48. The molecular formula is C14H24N2O2S3. The fourth-order valence-corrected chi connectivity index (χ4v) is 4.54. The van der Waals surface area contributed by atoms with Gasteiger partial charge in [0.15, 0.2) is 0 Å². The van der Waals surface area contributed by atoms with Gasteiger partial charge in [-0.1, -0.05) is 52.3 Å². The summed E-state index contributed by atoms with van der Waals surface area (Å²) in [6, 6.07) is 3.19. The second-order valence-electron chi connectivity index (χ2n) is 5.93. The molecule has 0 radical (unpaired) electrons. The number of hydrogen-bond donors (Lipinski definition) is 2. The molecule has 1 aromatic heterocycles. The molecule has 21 heavy (non-hydrogen) atoms. The Morgan fingerprint density at radius 3 is 2.57 bits per heavy atom. The van der Waals surface area contributed by atoms with Gasteiger partial charge in [0.2, 0.25) is 10.0 Å². The van der Waals surface area contributed by atoms with E-state index in [1.807, 2.05) is 0 Å². The lowest BCUT2D eigenvalue weighted by atomic mass is 9.87. The van der Waals surface area contributed by atoms with Crippen LogP contribution in [-0.4, -0.2) is 20.0 Å². The molecule has 0 aliphatic rings. The van der Waals surface area contributed by atoms with E-state index < -0.39 is 10.0 Å². The van der Waals surface area contributed by atoms with Gasteiger partial charge in [0, 0.05) is 6.54 Å². The van der Waals surface area contributed by atoms with Crippen LogP contribution in [0.3, 0.4) is 0 Å². The van der Waals surface area contributed by atoms with E-state index in [4.69, 9.17) is 18.0 Å². The van der Waals surface area contributed by atoms with Crippen molar-refractivity contribution in [2.45, 2.75) is 50.7 Å². The van der Waals surface area contributed by atoms with Crippen molar-refractivity contribution < 1.29 is 8.42 Å². The number of nitrogens with one attached hydrogen (secondary N) is 1. The minimum atomic E-state index is -3.48.